The fraction of sp³-hybridized carbons (Fsp3) is 0.231. The molecule has 3 N–H and O–H groups in total. The van der Waals surface area contributed by atoms with Crippen LogP contribution in [0.15, 0.2) is 41.0 Å². The van der Waals surface area contributed by atoms with Crippen molar-refractivity contribution in [2.45, 2.75) is 19.9 Å². The summed E-state index contributed by atoms with van der Waals surface area (Å²) in [5.41, 5.74) is 8.77. The topological polar surface area (TPSA) is 51.2 Å². The van der Waals surface area contributed by atoms with Crippen LogP contribution in [0.5, 0.6) is 0 Å². The van der Waals surface area contributed by atoms with E-state index in [-0.39, 0.29) is 6.04 Å². The zero-order chi connectivity index (χ0) is 11.5. The van der Waals surface area contributed by atoms with Crippen LogP contribution in [0.4, 0.5) is 11.4 Å². The second kappa shape index (κ2) is 4.31. The van der Waals surface area contributed by atoms with Crippen molar-refractivity contribution in [2.24, 2.45) is 0 Å². The minimum absolute atomic E-state index is 0.135. The van der Waals surface area contributed by atoms with E-state index in [0.29, 0.717) is 0 Å². The Morgan fingerprint density at radius 2 is 2.06 bits per heavy atom. The predicted octanol–water partition coefficient (Wildman–Crippen LogP) is 3.34. The highest BCUT2D eigenvalue weighted by atomic mass is 16.3. The maximum absolute atomic E-state index is 5.85. The van der Waals surface area contributed by atoms with E-state index < -0.39 is 0 Å². The van der Waals surface area contributed by atoms with Crippen molar-refractivity contribution in [3.8, 4) is 0 Å². The summed E-state index contributed by atoms with van der Waals surface area (Å²) in [4.78, 5) is 0. The van der Waals surface area contributed by atoms with Gasteiger partial charge in [-0.25, -0.2) is 0 Å². The van der Waals surface area contributed by atoms with E-state index in [1.807, 2.05) is 37.3 Å². The number of nitrogens with two attached hydrogens (primary N) is 1. The molecule has 2 aromatic rings. The Kier molecular flexibility index (Phi) is 2.86. The van der Waals surface area contributed by atoms with Crippen molar-refractivity contribution in [1.82, 2.24) is 0 Å². The lowest BCUT2D eigenvalue weighted by molar-refractivity contribution is 0.490. The minimum Gasteiger partial charge on any atom is -0.467 e. The largest absolute Gasteiger partial charge is 0.467 e. The Hall–Kier alpha value is -1.90. The van der Waals surface area contributed by atoms with Crippen LogP contribution in [0.1, 0.15) is 24.3 Å². The number of benzene rings is 1. The predicted molar refractivity (Wildman–Crippen MR) is 66.3 cm³/mol. The molecule has 1 aromatic heterocycles. The van der Waals surface area contributed by atoms with E-state index in [1.54, 1.807) is 6.26 Å². The molecule has 3 heteroatoms. The average molecular weight is 216 g/mol. The molecule has 1 heterocycles. The van der Waals surface area contributed by atoms with E-state index in [9.17, 15) is 0 Å². The van der Waals surface area contributed by atoms with Gasteiger partial charge in [-0.05, 0) is 43.7 Å². The molecule has 3 nitrogen and oxygen atoms in total. The normalized spacial score (nSPS) is 12.4. The molecule has 0 saturated heterocycles. The minimum atomic E-state index is 0.135. The first-order chi connectivity index (χ1) is 7.68. The van der Waals surface area contributed by atoms with Gasteiger partial charge in [-0.15, -0.1) is 0 Å². The summed E-state index contributed by atoms with van der Waals surface area (Å²) < 4.78 is 5.34. The van der Waals surface area contributed by atoms with Gasteiger partial charge in [0, 0.05) is 11.4 Å². The summed E-state index contributed by atoms with van der Waals surface area (Å²) in [6.07, 6.45) is 1.68. The van der Waals surface area contributed by atoms with Gasteiger partial charge < -0.3 is 15.5 Å². The first-order valence-electron chi connectivity index (χ1n) is 5.33. The number of hydrogen-bond acceptors (Lipinski definition) is 3. The first-order valence-corrected chi connectivity index (χ1v) is 5.33. The van der Waals surface area contributed by atoms with Crippen molar-refractivity contribution < 1.29 is 4.42 Å². The summed E-state index contributed by atoms with van der Waals surface area (Å²) >= 11 is 0. The van der Waals surface area contributed by atoms with Gasteiger partial charge in [0.1, 0.15) is 5.76 Å². The number of hydrogen-bond donors (Lipinski definition) is 2. The molecule has 0 bridgehead atoms. The van der Waals surface area contributed by atoms with Gasteiger partial charge in [0.05, 0.1) is 12.3 Å². The number of nitrogens with one attached hydrogen (secondary N) is 1. The summed E-state index contributed by atoms with van der Waals surface area (Å²) in [5, 5.41) is 3.38. The second-order valence-electron chi connectivity index (χ2n) is 3.90. The van der Waals surface area contributed by atoms with Gasteiger partial charge >= 0.3 is 0 Å². The van der Waals surface area contributed by atoms with Crippen LogP contribution in [0.2, 0.25) is 0 Å². The molecular formula is C13H16N2O. The summed E-state index contributed by atoms with van der Waals surface area (Å²) in [6.45, 7) is 4.06. The lowest BCUT2D eigenvalue weighted by Gasteiger charge is -2.15. The van der Waals surface area contributed by atoms with Crippen molar-refractivity contribution in [1.29, 1.82) is 0 Å². The summed E-state index contributed by atoms with van der Waals surface area (Å²) in [7, 11) is 0. The molecular weight excluding hydrogens is 200 g/mol. The van der Waals surface area contributed by atoms with E-state index >= 15 is 0 Å². The van der Waals surface area contributed by atoms with Crippen LogP contribution < -0.4 is 11.1 Å². The molecule has 0 aliphatic heterocycles. The molecule has 84 valence electrons. The molecule has 1 atom stereocenters. The van der Waals surface area contributed by atoms with Crippen LogP contribution in [0, 0.1) is 6.92 Å². The number of furan rings is 1. The van der Waals surface area contributed by atoms with E-state index in [1.165, 1.54) is 0 Å². The lowest BCUT2D eigenvalue weighted by atomic mass is 10.1. The number of nitrogen functional groups attached to an aromatic ring is 1. The smallest absolute Gasteiger partial charge is 0.125 e. The fourth-order valence-corrected chi connectivity index (χ4v) is 1.65. The van der Waals surface area contributed by atoms with E-state index in [2.05, 4.69) is 12.2 Å². The Morgan fingerprint density at radius 1 is 1.25 bits per heavy atom. The SMILES string of the molecule is Cc1c(N)cccc1NC(C)c1ccco1. The van der Waals surface area contributed by atoms with E-state index in [0.717, 1.165) is 22.7 Å². The molecule has 0 amide bonds. The summed E-state index contributed by atoms with van der Waals surface area (Å²) in [5.74, 6) is 0.918. The van der Waals surface area contributed by atoms with Crippen LogP contribution >= 0.6 is 0 Å². The Morgan fingerprint density at radius 3 is 2.75 bits per heavy atom. The molecule has 1 aromatic carbocycles. The number of anilines is 2. The van der Waals surface area contributed by atoms with Crippen LogP contribution in [0.25, 0.3) is 0 Å². The molecule has 0 aliphatic rings. The maximum atomic E-state index is 5.85. The van der Waals surface area contributed by atoms with Crippen molar-refractivity contribution in [3.63, 3.8) is 0 Å². The maximum Gasteiger partial charge on any atom is 0.125 e. The Labute approximate surface area is 95.3 Å². The first kappa shape index (κ1) is 10.6. The zero-order valence-electron chi connectivity index (χ0n) is 9.53. The molecule has 0 radical (unpaired) electrons. The highest BCUT2D eigenvalue weighted by Gasteiger charge is 2.09. The fourth-order valence-electron chi connectivity index (χ4n) is 1.65. The van der Waals surface area contributed by atoms with Gasteiger partial charge in [-0.1, -0.05) is 6.07 Å². The quantitative estimate of drug-likeness (QED) is 0.773. The highest BCUT2D eigenvalue weighted by molar-refractivity contribution is 5.63. The van der Waals surface area contributed by atoms with Crippen LogP contribution in [-0.4, -0.2) is 0 Å². The monoisotopic (exact) mass is 216 g/mol. The third-order valence-electron chi connectivity index (χ3n) is 2.72. The van der Waals surface area contributed by atoms with Gasteiger partial charge in [0.25, 0.3) is 0 Å². The molecule has 1 unspecified atom stereocenters. The molecule has 2 rings (SSSR count). The Bertz CT molecular complexity index is 463. The van der Waals surface area contributed by atoms with Crippen molar-refractivity contribution >= 4 is 11.4 Å². The summed E-state index contributed by atoms with van der Waals surface area (Å²) in [6, 6.07) is 9.84. The lowest BCUT2D eigenvalue weighted by Crippen LogP contribution is -2.07. The average Bonchev–Trinajstić information content (AvgIpc) is 2.78. The molecule has 16 heavy (non-hydrogen) atoms. The zero-order valence-corrected chi connectivity index (χ0v) is 9.53. The van der Waals surface area contributed by atoms with E-state index in [4.69, 9.17) is 10.2 Å². The highest BCUT2D eigenvalue weighted by Crippen LogP contribution is 2.25. The van der Waals surface area contributed by atoms with Gasteiger partial charge in [0.15, 0.2) is 0 Å². The molecule has 0 saturated carbocycles. The van der Waals surface area contributed by atoms with Crippen LogP contribution in [-0.2, 0) is 0 Å². The molecule has 0 fully saturated rings. The van der Waals surface area contributed by atoms with Crippen molar-refractivity contribution in [3.05, 3.63) is 47.9 Å². The molecule has 0 aliphatic carbocycles. The van der Waals surface area contributed by atoms with Crippen molar-refractivity contribution in [2.75, 3.05) is 11.1 Å². The third-order valence-corrected chi connectivity index (χ3v) is 2.72. The second-order valence-corrected chi connectivity index (χ2v) is 3.90. The Balaban J connectivity index is 2.18. The van der Waals surface area contributed by atoms with Gasteiger partial charge in [-0.2, -0.15) is 0 Å². The standard InChI is InChI=1S/C13H16N2O/c1-9-11(14)5-3-6-12(9)15-10(2)13-7-4-8-16-13/h3-8,10,15H,14H2,1-2H3. The van der Waals surface area contributed by atoms with Gasteiger partial charge in [0.2, 0.25) is 0 Å². The van der Waals surface area contributed by atoms with Gasteiger partial charge in [-0.3, -0.25) is 0 Å². The molecule has 0 spiro atoms. The van der Waals surface area contributed by atoms with Crippen LogP contribution in [0.3, 0.4) is 0 Å². The number of rotatable bonds is 3. The third kappa shape index (κ3) is 2.03.